The first-order chi connectivity index (χ1) is 7.40. The lowest BCUT2D eigenvalue weighted by Gasteiger charge is -2.08. The lowest BCUT2D eigenvalue weighted by atomic mass is 9.99. The van der Waals surface area contributed by atoms with Gasteiger partial charge in [-0.15, -0.1) is 0 Å². The molecule has 1 aromatic rings. The van der Waals surface area contributed by atoms with E-state index in [0.29, 0.717) is 11.1 Å². The molecule has 5 heteroatoms. The normalized spacial score (nSPS) is 10.2. The number of phenols is 1. The third kappa shape index (κ3) is 1.88. The summed E-state index contributed by atoms with van der Waals surface area (Å²) in [4.78, 5) is 21.6. The molecule has 0 unspecified atom stereocenters. The van der Waals surface area contributed by atoms with Gasteiger partial charge in [-0.05, 0) is 25.5 Å². The maximum atomic E-state index is 11.5. The molecule has 0 aliphatic carbocycles. The molecule has 0 amide bonds. The summed E-state index contributed by atoms with van der Waals surface area (Å²) in [5.74, 6) is -0.830. The first-order valence-electron chi connectivity index (χ1n) is 4.90. The summed E-state index contributed by atoms with van der Waals surface area (Å²) in [5, 5.41) is 20.5. The van der Waals surface area contributed by atoms with Gasteiger partial charge >= 0.3 is 5.69 Å². The highest BCUT2D eigenvalue weighted by Crippen LogP contribution is 2.35. The van der Waals surface area contributed by atoms with Crippen molar-refractivity contribution in [1.29, 1.82) is 0 Å². The standard InChI is InChI=1S/C11H13NO4/c1-4-9(13)8-5-6(2)7(3)10(11(8)14)12(15)16/h5,14H,4H2,1-3H3. The highest BCUT2D eigenvalue weighted by atomic mass is 16.6. The van der Waals surface area contributed by atoms with Gasteiger partial charge in [0.15, 0.2) is 5.78 Å². The van der Waals surface area contributed by atoms with Gasteiger partial charge in [-0.2, -0.15) is 0 Å². The van der Waals surface area contributed by atoms with Crippen LogP contribution in [0.2, 0.25) is 0 Å². The highest BCUT2D eigenvalue weighted by molar-refractivity contribution is 6.00. The van der Waals surface area contributed by atoms with Crippen molar-refractivity contribution in [1.82, 2.24) is 0 Å². The minimum absolute atomic E-state index is 0.0253. The number of rotatable bonds is 3. The molecule has 0 bridgehead atoms. The fourth-order valence-corrected chi connectivity index (χ4v) is 1.51. The second kappa shape index (κ2) is 4.30. The number of phenolic OH excluding ortho intramolecular Hbond substituents is 1. The Hall–Kier alpha value is -1.91. The molecule has 0 spiro atoms. The summed E-state index contributed by atoms with van der Waals surface area (Å²) in [5.41, 5.74) is 0.658. The number of nitro groups is 1. The third-order valence-corrected chi connectivity index (χ3v) is 2.59. The Morgan fingerprint density at radius 1 is 1.50 bits per heavy atom. The van der Waals surface area contributed by atoms with Crippen LogP contribution < -0.4 is 0 Å². The van der Waals surface area contributed by atoms with Crippen molar-refractivity contribution in [3.05, 3.63) is 32.9 Å². The Kier molecular flexibility index (Phi) is 3.27. The minimum Gasteiger partial charge on any atom is -0.502 e. The number of aromatic hydroxyl groups is 1. The summed E-state index contributed by atoms with van der Waals surface area (Å²) in [7, 11) is 0. The number of carbonyl (C=O) groups is 1. The van der Waals surface area contributed by atoms with Crippen molar-refractivity contribution in [2.75, 3.05) is 0 Å². The zero-order valence-electron chi connectivity index (χ0n) is 9.40. The van der Waals surface area contributed by atoms with E-state index in [1.165, 1.54) is 6.07 Å². The third-order valence-electron chi connectivity index (χ3n) is 2.59. The van der Waals surface area contributed by atoms with Gasteiger partial charge in [-0.1, -0.05) is 6.92 Å². The van der Waals surface area contributed by atoms with Gasteiger partial charge in [0, 0.05) is 12.0 Å². The number of nitrogens with zero attached hydrogens (tertiary/aromatic N) is 1. The summed E-state index contributed by atoms with van der Waals surface area (Å²) >= 11 is 0. The van der Waals surface area contributed by atoms with E-state index in [9.17, 15) is 20.0 Å². The number of carbonyl (C=O) groups excluding carboxylic acids is 1. The number of ketones is 1. The smallest absolute Gasteiger partial charge is 0.314 e. The van der Waals surface area contributed by atoms with Crippen molar-refractivity contribution in [2.24, 2.45) is 0 Å². The Morgan fingerprint density at radius 3 is 2.50 bits per heavy atom. The molecule has 86 valence electrons. The highest BCUT2D eigenvalue weighted by Gasteiger charge is 2.24. The molecule has 0 aromatic heterocycles. The second-order valence-electron chi connectivity index (χ2n) is 3.60. The molecule has 0 fully saturated rings. The first kappa shape index (κ1) is 12.2. The Balaban J connectivity index is 3.56. The van der Waals surface area contributed by atoms with Crippen molar-refractivity contribution >= 4 is 11.5 Å². The van der Waals surface area contributed by atoms with Gasteiger partial charge < -0.3 is 5.11 Å². The van der Waals surface area contributed by atoms with Crippen LogP contribution in [-0.2, 0) is 0 Å². The van der Waals surface area contributed by atoms with Gasteiger partial charge in [0.05, 0.1) is 10.5 Å². The number of hydrogen-bond acceptors (Lipinski definition) is 4. The van der Waals surface area contributed by atoms with Crippen LogP contribution in [0.4, 0.5) is 5.69 Å². The van der Waals surface area contributed by atoms with Crippen LogP contribution in [0.3, 0.4) is 0 Å². The molecule has 1 rings (SSSR count). The van der Waals surface area contributed by atoms with Crippen LogP contribution in [0.25, 0.3) is 0 Å². The molecule has 16 heavy (non-hydrogen) atoms. The Labute approximate surface area is 92.9 Å². The van der Waals surface area contributed by atoms with E-state index in [1.54, 1.807) is 20.8 Å². The number of aryl methyl sites for hydroxylation is 1. The van der Waals surface area contributed by atoms with Gasteiger partial charge in [0.2, 0.25) is 5.75 Å². The summed E-state index contributed by atoms with van der Waals surface area (Å²) < 4.78 is 0. The molecule has 0 aliphatic rings. The van der Waals surface area contributed by atoms with E-state index in [-0.39, 0.29) is 23.5 Å². The Morgan fingerprint density at radius 2 is 2.06 bits per heavy atom. The maximum Gasteiger partial charge on any atom is 0.314 e. The molecular formula is C11H13NO4. The molecular weight excluding hydrogens is 210 g/mol. The molecule has 1 N–H and O–H groups in total. The van der Waals surface area contributed by atoms with Gasteiger partial charge in [0.25, 0.3) is 0 Å². The predicted octanol–water partition coefficient (Wildman–Crippen LogP) is 2.51. The predicted molar refractivity (Wildman–Crippen MR) is 58.9 cm³/mol. The van der Waals surface area contributed by atoms with Crippen LogP contribution in [0.5, 0.6) is 5.75 Å². The lowest BCUT2D eigenvalue weighted by molar-refractivity contribution is -0.386. The quantitative estimate of drug-likeness (QED) is 0.485. The largest absolute Gasteiger partial charge is 0.502 e. The van der Waals surface area contributed by atoms with E-state index in [4.69, 9.17) is 0 Å². The fourth-order valence-electron chi connectivity index (χ4n) is 1.51. The molecule has 0 saturated heterocycles. The topological polar surface area (TPSA) is 80.4 Å². The summed E-state index contributed by atoms with van der Waals surface area (Å²) in [6, 6.07) is 1.49. The maximum absolute atomic E-state index is 11.5. The molecule has 0 heterocycles. The fraction of sp³-hybridized carbons (Fsp3) is 0.364. The van der Waals surface area contributed by atoms with Crippen LogP contribution in [0.1, 0.15) is 34.8 Å². The van der Waals surface area contributed by atoms with Crippen LogP contribution >= 0.6 is 0 Å². The van der Waals surface area contributed by atoms with Gasteiger partial charge in [0.1, 0.15) is 0 Å². The summed E-state index contributed by atoms with van der Waals surface area (Å²) in [6.45, 7) is 4.87. The van der Waals surface area contributed by atoms with Crippen molar-refractivity contribution < 1.29 is 14.8 Å². The number of Topliss-reactive ketones (excluding diaryl/α,β-unsaturated/α-hetero) is 1. The average Bonchev–Trinajstić information content (AvgIpc) is 2.22. The first-order valence-corrected chi connectivity index (χ1v) is 4.90. The monoisotopic (exact) mass is 223 g/mol. The van der Waals surface area contributed by atoms with E-state index >= 15 is 0 Å². The molecule has 0 radical (unpaired) electrons. The van der Waals surface area contributed by atoms with Gasteiger partial charge in [-0.3, -0.25) is 14.9 Å². The molecule has 0 atom stereocenters. The molecule has 5 nitrogen and oxygen atoms in total. The molecule has 1 aromatic carbocycles. The van der Waals surface area contributed by atoms with Crippen LogP contribution in [-0.4, -0.2) is 15.8 Å². The van der Waals surface area contributed by atoms with E-state index in [1.807, 2.05) is 0 Å². The molecule has 0 saturated carbocycles. The number of benzene rings is 1. The lowest BCUT2D eigenvalue weighted by Crippen LogP contribution is -2.03. The number of hydrogen-bond donors (Lipinski definition) is 1. The minimum atomic E-state index is -0.663. The Bertz CT molecular complexity index is 466. The zero-order chi connectivity index (χ0) is 12.5. The average molecular weight is 223 g/mol. The van der Waals surface area contributed by atoms with Crippen molar-refractivity contribution in [3.8, 4) is 5.75 Å². The van der Waals surface area contributed by atoms with Crippen molar-refractivity contribution in [2.45, 2.75) is 27.2 Å². The second-order valence-corrected chi connectivity index (χ2v) is 3.60. The zero-order valence-corrected chi connectivity index (χ0v) is 9.40. The van der Waals surface area contributed by atoms with Gasteiger partial charge in [-0.25, -0.2) is 0 Å². The van der Waals surface area contributed by atoms with E-state index in [0.717, 1.165) is 0 Å². The van der Waals surface area contributed by atoms with Crippen LogP contribution in [0.15, 0.2) is 6.07 Å². The van der Waals surface area contributed by atoms with Crippen molar-refractivity contribution in [3.63, 3.8) is 0 Å². The number of nitro benzene ring substituents is 1. The molecule has 0 aliphatic heterocycles. The van der Waals surface area contributed by atoms with Crippen LogP contribution in [0, 0.1) is 24.0 Å². The van der Waals surface area contributed by atoms with E-state index < -0.39 is 10.7 Å². The SMILES string of the molecule is CCC(=O)c1cc(C)c(C)c([N+](=O)[O-])c1O. The van der Waals surface area contributed by atoms with E-state index in [2.05, 4.69) is 0 Å². The summed E-state index contributed by atoms with van der Waals surface area (Å²) in [6.07, 6.45) is 0.202.